The van der Waals surface area contributed by atoms with Crippen LogP contribution in [0, 0.1) is 0 Å². The first-order valence-corrected chi connectivity index (χ1v) is 10.2. The Hall–Kier alpha value is -3.72. The largest absolute Gasteiger partial charge is 0.345 e. The maximum absolute atomic E-state index is 12.9. The Morgan fingerprint density at radius 1 is 1.10 bits per heavy atom. The van der Waals surface area contributed by atoms with Gasteiger partial charge >= 0.3 is 6.03 Å². The zero-order valence-corrected chi connectivity index (χ0v) is 16.8. The van der Waals surface area contributed by atoms with E-state index in [9.17, 15) is 9.59 Å². The monoisotopic (exact) mass is 418 g/mol. The highest BCUT2D eigenvalue weighted by Crippen LogP contribution is 2.31. The minimum absolute atomic E-state index is 0.0257. The number of benzene rings is 2. The summed E-state index contributed by atoms with van der Waals surface area (Å²) in [6.07, 6.45) is 4.40. The highest BCUT2D eigenvalue weighted by atomic mass is 16.7. The van der Waals surface area contributed by atoms with Gasteiger partial charge in [0, 0.05) is 12.2 Å². The fourth-order valence-electron chi connectivity index (χ4n) is 4.05. The van der Waals surface area contributed by atoms with E-state index in [-0.39, 0.29) is 18.0 Å². The van der Waals surface area contributed by atoms with Crippen molar-refractivity contribution in [2.24, 2.45) is 0 Å². The fraction of sp³-hybridized carbons (Fsp3) is 0.273. The average molecular weight is 418 g/mol. The van der Waals surface area contributed by atoms with Gasteiger partial charge in [-0.1, -0.05) is 30.3 Å². The van der Waals surface area contributed by atoms with Crippen LogP contribution in [-0.2, 0) is 16.2 Å². The number of piperidine rings is 1. The molecule has 1 N–H and O–H groups in total. The zero-order chi connectivity index (χ0) is 21.2. The van der Waals surface area contributed by atoms with E-state index < -0.39 is 6.04 Å². The van der Waals surface area contributed by atoms with Gasteiger partial charge in [0.25, 0.3) is 0 Å². The van der Waals surface area contributed by atoms with Crippen molar-refractivity contribution in [1.82, 2.24) is 24.7 Å². The van der Waals surface area contributed by atoms with Crippen LogP contribution >= 0.6 is 0 Å². The first-order chi connectivity index (χ1) is 15.2. The van der Waals surface area contributed by atoms with E-state index in [1.54, 1.807) is 15.9 Å². The average Bonchev–Trinajstić information content (AvgIpc) is 3.42. The topological polar surface area (TPSA) is 92.6 Å². The van der Waals surface area contributed by atoms with Crippen LogP contribution in [0.5, 0.6) is 0 Å². The first-order valence-electron chi connectivity index (χ1n) is 10.2. The predicted molar refractivity (Wildman–Crippen MR) is 112 cm³/mol. The van der Waals surface area contributed by atoms with Gasteiger partial charge in [0.2, 0.25) is 5.91 Å². The summed E-state index contributed by atoms with van der Waals surface area (Å²) in [5.74, 6) is -0.190. The van der Waals surface area contributed by atoms with E-state index in [1.165, 1.54) is 11.4 Å². The van der Waals surface area contributed by atoms with Gasteiger partial charge in [0.05, 0.1) is 11.7 Å². The van der Waals surface area contributed by atoms with Gasteiger partial charge in [-0.25, -0.2) is 14.5 Å². The van der Waals surface area contributed by atoms with E-state index in [4.69, 9.17) is 4.84 Å². The number of hydrogen-bond donors (Lipinski definition) is 1. The Labute approximate surface area is 179 Å². The second kappa shape index (κ2) is 8.19. The number of carbonyl (C=O) groups excluding carboxylic acids is 2. The number of nitrogens with zero attached hydrogens (tertiary/aromatic N) is 5. The normalized spacial score (nSPS) is 20.2. The summed E-state index contributed by atoms with van der Waals surface area (Å²) in [5, 5.41) is 8.44. The SMILES string of the molecule is O=C(Nc1ccc(-n2cncn2)cc1)[C@@H]1CC[C@H]2CN1C(=O)N2OCc1ccccc1. The van der Waals surface area contributed by atoms with Crippen molar-refractivity contribution < 1.29 is 14.4 Å². The third-order valence-electron chi connectivity index (χ3n) is 5.66. The van der Waals surface area contributed by atoms with Crippen molar-refractivity contribution in [1.29, 1.82) is 0 Å². The Morgan fingerprint density at radius 2 is 1.90 bits per heavy atom. The van der Waals surface area contributed by atoms with E-state index in [0.717, 1.165) is 17.7 Å². The molecule has 2 aromatic carbocycles. The summed E-state index contributed by atoms with van der Waals surface area (Å²) >= 11 is 0. The summed E-state index contributed by atoms with van der Waals surface area (Å²) in [6.45, 7) is 0.822. The predicted octanol–water partition coefficient (Wildman–Crippen LogP) is 2.61. The molecule has 0 radical (unpaired) electrons. The van der Waals surface area contributed by atoms with Gasteiger partial charge in [-0.3, -0.25) is 9.63 Å². The summed E-state index contributed by atoms with van der Waals surface area (Å²) < 4.78 is 1.64. The summed E-state index contributed by atoms with van der Waals surface area (Å²) in [6, 6.07) is 16.2. The molecule has 2 aliphatic rings. The molecule has 0 unspecified atom stereocenters. The van der Waals surface area contributed by atoms with Crippen molar-refractivity contribution in [3.05, 3.63) is 72.8 Å². The second-order valence-electron chi connectivity index (χ2n) is 7.64. The lowest BCUT2D eigenvalue weighted by molar-refractivity contribution is -0.140. The number of aromatic nitrogens is 3. The molecular formula is C22H22N6O3. The molecule has 1 aromatic heterocycles. The van der Waals surface area contributed by atoms with Gasteiger partial charge in [-0.15, -0.1) is 0 Å². The highest BCUT2D eigenvalue weighted by Gasteiger charge is 2.47. The van der Waals surface area contributed by atoms with E-state index >= 15 is 0 Å². The minimum atomic E-state index is -0.510. The highest BCUT2D eigenvalue weighted by molar-refractivity contribution is 5.97. The lowest BCUT2D eigenvalue weighted by Gasteiger charge is -2.29. The smallest absolute Gasteiger partial charge is 0.324 e. The van der Waals surface area contributed by atoms with E-state index in [1.807, 2.05) is 54.6 Å². The quantitative estimate of drug-likeness (QED) is 0.664. The van der Waals surface area contributed by atoms with Gasteiger partial charge in [-0.05, 0) is 42.7 Å². The molecule has 9 nitrogen and oxygen atoms in total. The number of amides is 3. The molecular weight excluding hydrogens is 396 g/mol. The fourth-order valence-corrected chi connectivity index (χ4v) is 4.05. The molecule has 2 aliphatic heterocycles. The van der Waals surface area contributed by atoms with Crippen molar-refractivity contribution in [3.63, 3.8) is 0 Å². The van der Waals surface area contributed by atoms with Gasteiger partial charge in [-0.2, -0.15) is 10.2 Å². The Kier molecular flexibility index (Phi) is 5.09. The number of carbonyl (C=O) groups is 2. The third-order valence-corrected chi connectivity index (χ3v) is 5.66. The number of anilines is 1. The number of nitrogens with one attached hydrogen (secondary N) is 1. The molecule has 158 valence electrons. The van der Waals surface area contributed by atoms with Crippen LogP contribution in [-0.4, -0.2) is 55.3 Å². The van der Waals surface area contributed by atoms with Gasteiger partial charge < -0.3 is 10.2 Å². The summed E-state index contributed by atoms with van der Waals surface area (Å²) in [4.78, 5) is 37.1. The number of urea groups is 1. The molecule has 0 saturated carbocycles. The van der Waals surface area contributed by atoms with Crippen LogP contribution in [0.2, 0.25) is 0 Å². The standard InChI is InChI=1S/C22H22N6O3/c29-21(25-17-6-8-18(9-7-17)27-15-23-14-24-27)20-11-10-19-12-26(20)22(30)28(19)31-13-16-4-2-1-3-5-16/h1-9,14-15,19-20H,10-13H2,(H,25,29)/t19-,20-/m0/s1. The Bertz CT molecular complexity index is 1050. The molecule has 0 aliphatic carbocycles. The molecule has 3 heterocycles. The Morgan fingerprint density at radius 3 is 2.65 bits per heavy atom. The van der Waals surface area contributed by atoms with Crippen molar-refractivity contribution in [2.45, 2.75) is 31.5 Å². The number of rotatable bonds is 6. The Balaban J connectivity index is 1.21. The molecule has 9 heteroatoms. The molecule has 5 rings (SSSR count). The lowest BCUT2D eigenvalue weighted by atomic mass is 10.0. The molecule has 2 saturated heterocycles. The summed E-state index contributed by atoms with van der Waals surface area (Å²) in [5.41, 5.74) is 2.51. The molecule has 2 atom stereocenters. The van der Waals surface area contributed by atoms with Gasteiger partial charge in [0.15, 0.2) is 0 Å². The van der Waals surface area contributed by atoms with Crippen molar-refractivity contribution in [2.75, 3.05) is 11.9 Å². The number of hydrogen-bond acceptors (Lipinski definition) is 5. The maximum atomic E-state index is 12.9. The van der Waals surface area contributed by atoms with Crippen LogP contribution in [0.1, 0.15) is 18.4 Å². The van der Waals surface area contributed by atoms with Crippen LogP contribution < -0.4 is 5.32 Å². The molecule has 2 fully saturated rings. The van der Waals surface area contributed by atoms with E-state index in [2.05, 4.69) is 15.4 Å². The van der Waals surface area contributed by atoms with Crippen LogP contribution in [0.3, 0.4) is 0 Å². The van der Waals surface area contributed by atoms with Crippen molar-refractivity contribution >= 4 is 17.6 Å². The van der Waals surface area contributed by atoms with Crippen molar-refractivity contribution in [3.8, 4) is 5.69 Å². The van der Waals surface area contributed by atoms with E-state index in [0.29, 0.717) is 25.3 Å². The zero-order valence-electron chi connectivity index (χ0n) is 16.8. The molecule has 3 aromatic rings. The third kappa shape index (κ3) is 3.87. The molecule has 0 spiro atoms. The second-order valence-corrected chi connectivity index (χ2v) is 7.64. The molecule has 3 amide bonds. The molecule has 31 heavy (non-hydrogen) atoms. The van der Waals surface area contributed by atoms with Gasteiger partial charge in [0.1, 0.15) is 25.3 Å². The van der Waals surface area contributed by atoms with Crippen LogP contribution in [0.4, 0.5) is 10.5 Å². The van der Waals surface area contributed by atoms with Crippen LogP contribution in [0.25, 0.3) is 5.69 Å². The first kappa shape index (κ1) is 19.3. The molecule has 2 bridgehead atoms. The number of hydroxylamine groups is 2. The minimum Gasteiger partial charge on any atom is -0.324 e. The van der Waals surface area contributed by atoms with Crippen LogP contribution in [0.15, 0.2) is 67.3 Å². The summed E-state index contributed by atoms with van der Waals surface area (Å²) in [7, 11) is 0. The maximum Gasteiger partial charge on any atom is 0.345 e. The lowest BCUT2D eigenvalue weighted by Crippen LogP contribution is -2.47. The number of fused-ring (bicyclic) bond motifs is 2.